The first-order valence-corrected chi connectivity index (χ1v) is 9.58. The minimum absolute atomic E-state index is 0.0406. The van der Waals surface area contributed by atoms with Crippen molar-refractivity contribution in [3.05, 3.63) is 53.7 Å². The average molecular weight is 372 g/mol. The minimum Gasteiger partial charge on any atom is -0.443 e. The molecule has 0 amide bonds. The summed E-state index contributed by atoms with van der Waals surface area (Å²) in [6.07, 6.45) is 1.80. The lowest BCUT2D eigenvalue weighted by Gasteiger charge is -2.18. The summed E-state index contributed by atoms with van der Waals surface area (Å²) in [5.74, 6) is 2.30. The van der Waals surface area contributed by atoms with E-state index in [1.807, 2.05) is 6.07 Å². The second kappa shape index (κ2) is 10.1. The van der Waals surface area contributed by atoms with Gasteiger partial charge in [-0.15, -0.1) is 0 Å². The summed E-state index contributed by atoms with van der Waals surface area (Å²) >= 11 is 0. The second-order valence-electron chi connectivity index (χ2n) is 7.71. The first-order valence-electron chi connectivity index (χ1n) is 9.58. The van der Waals surface area contributed by atoms with Crippen LogP contribution in [0.25, 0.3) is 0 Å². The normalized spacial score (nSPS) is 12.4. The van der Waals surface area contributed by atoms with Crippen molar-refractivity contribution in [2.24, 2.45) is 4.99 Å². The predicted molar refractivity (Wildman–Crippen MR) is 111 cm³/mol. The van der Waals surface area contributed by atoms with E-state index in [9.17, 15) is 0 Å². The maximum atomic E-state index is 5.80. The molecule has 2 N–H and O–H groups in total. The number of hydrogen-bond acceptors (Lipinski definition) is 4. The van der Waals surface area contributed by atoms with Crippen molar-refractivity contribution < 1.29 is 4.42 Å². The monoisotopic (exact) mass is 371 g/mol. The van der Waals surface area contributed by atoms with Crippen LogP contribution in [0.2, 0.25) is 0 Å². The SMILES string of the molecule is CCNC(=NCc1ncc(C(C)(C)C)o1)NCCN(C)Cc1ccccc1. The number of oxazole rings is 1. The van der Waals surface area contributed by atoms with Crippen LogP contribution in [0.15, 0.2) is 45.9 Å². The van der Waals surface area contributed by atoms with Crippen molar-refractivity contribution in [2.75, 3.05) is 26.7 Å². The zero-order valence-corrected chi connectivity index (χ0v) is 17.2. The third kappa shape index (κ3) is 7.43. The Balaban J connectivity index is 1.82. The molecule has 0 saturated carbocycles. The first kappa shape index (κ1) is 21.0. The van der Waals surface area contributed by atoms with E-state index in [1.165, 1.54) is 5.56 Å². The smallest absolute Gasteiger partial charge is 0.216 e. The van der Waals surface area contributed by atoms with Gasteiger partial charge in [0.2, 0.25) is 5.89 Å². The fraction of sp³-hybridized carbons (Fsp3) is 0.524. The van der Waals surface area contributed by atoms with Crippen LogP contribution < -0.4 is 10.6 Å². The van der Waals surface area contributed by atoms with Crippen molar-refractivity contribution in [3.8, 4) is 0 Å². The molecule has 2 aromatic rings. The molecule has 0 aliphatic carbocycles. The third-order valence-corrected chi connectivity index (χ3v) is 4.09. The molecule has 6 nitrogen and oxygen atoms in total. The molecule has 1 aromatic carbocycles. The summed E-state index contributed by atoms with van der Waals surface area (Å²) in [6, 6.07) is 10.5. The molecule has 1 aromatic heterocycles. The molecule has 148 valence electrons. The van der Waals surface area contributed by atoms with Crippen LogP contribution in [0.3, 0.4) is 0 Å². The van der Waals surface area contributed by atoms with E-state index in [1.54, 1.807) is 6.20 Å². The van der Waals surface area contributed by atoms with E-state index in [0.29, 0.717) is 12.4 Å². The predicted octanol–water partition coefficient (Wildman–Crippen LogP) is 3.16. The summed E-state index contributed by atoms with van der Waals surface area (Å²) in [5.41, 5.74) is 1.28. The topological polar surface area (TPSA) is 65.7 Å². The zero-order chi connectivity index (χ0) is 19.7. The van der Waals surface area contributed by atoms with Gasteiger partial charge in [0.15, 0.2) is 5.96 Å². The van der Waals surface area contributed by atoms with Crippen LogP contribution in [0.1, 0.15) is 44.9 Å². The number of nitrogens with zero attached hydrogens (tertiary/aromatic N) is 3. The molecule has 0 aliphatic heterocycles. The van der Waals surface area contributed by atoms with Gasteiger partial charge in [0.1, 0.15) is 12.3 Å². The molecule has 6 heteroatoms. The lowest BCUT2D eigenvalue weighted by molar-refractivity contribution is 0.331. The molecular formula is C21H33N5O. The molecule has 0 radical (unpaired) electrons. The molecule has 0 atom stereocenters. The number of guanidine groups is 1. The van der Waals surface area contributed by atoms with Gasteiger partial charge in [0.25, 0.3) is 0 Å². The van der Waals surface area contributed by atoms with Gasteiger partial charge in [-0.1, -0.05) is 51.1 Å². The van der Waals surface area contributed by atoms with Crippen LogP contribution in [0.4, 0.5) is 0 Å². The summed E-state index contributed by atoms with van der Waals surface area (Å²) in [4.78, 5) is 11.2. The number of benzene rings is 1. The van der Waals surface area contributed by atoms with Crippen LogP contribution in [-0.2, 0) is 18.5 Å². The lowest BCUT2D eigenvalue weighted by atomic mass is 9.94. The summed E-state index contributed by atoms with van der Waals surface area (Å²) in [7, 11) is 2.12. The van der Waals surface area contributed by atoms with Crippen LogP contribution >= 0.6 is 0 Å². The van der Waals surface area contributed by atoms with Crippen LogP contribution in [0, 0.1) is 0 Å². The number of nitrogens with one attached hydrogen (secondary N) is 2. The van der Waals surface area contributed by atoms with Crippen LogP contribution in [-0.4, -0.2) is 42.5 Å². The molecule has 0 saturated heterocycles. The van der Waals surface area contributed by atoms with Crippen molar-refractivity contribution in [3.63, 3.8) is 0 Å². The zero-order valence-electron chi connectivity index (χ0n) is 17.2. The largest absolute Gasteiger partial charge is 0.443 e. The Labute approximate surface area is 163 Å². The van der Waals surface area contributed by atoms with E-state index in [-0.39, 0.29) is 5.41 Å². The Morgan fingerprint density at radius 1 is 1.19 bits per heavy atom. The van der Waals surface area contributed by atoms with E-state index in [4.69, 9.17) is 4.42 Å². The van der Waals surface area contributed by atoms with Crippen molar-refractivity contribution in [1.29, 1.82) is 0 Å². The Bertz CT molecular complexity index is 703. The molecule has 0 spiro atoms. The highest BCUT2D eigenvalue weighted by Gasteiger charge is 2.19. The Hall–Kier alpha value is -2.34. The maximum Gasteiger partial charge on any atom is 0.216 e. The highest BCUT2D eigenvalue weighted by atomic mass is 16.4. The van der Waals surface area contributed by atoms with Gasteiger partial charge in [0.05, 0.1) is 6.20 Å². The minimum atomic E-state index is -0.0406. The fourth-order valence-electron chi connectivity index (χ4n) is 2.56. The standard InChI is InChI=1S/C21H33N5O/c1-6-22-20(25-15-19-24-14-18(27-19)21(2,3)4)23-12-13-26(5)16-17-10-8-7-9-11-17/h7-11,14H,6,12-13,15-16H2,1-5H3,(H2,22,23,25). The van der Waals surface area contributed by atoms with Gasteiger partial charge < -0.3 is 20.0 Å². The Morgan fingerprint density at radius 2 is 1.93 bits per heavy atom. The Morgan fingerprint density at radius 3 is 2.56 bits per heavy atom. The first-order chi connectivity index (χ1) is 12.9. The van der Waals surface area contributed by atoms with Gasteiger partial charge in [0, 0.05) is 31.6 Å². The quantitative estimate of drug-likeness (QED) is 0.551. The van der Waals surface area contributed by atoms with Gasteiger partial charge in [-0.2, -0.15) is 0 Å². The summed E-state index contributed by atoms with van der Waals surface area (Å²) < 4.78 is 5.80. The van der Waals surface area contributed by atoms with Gasteiger partial charge in [-0.3, -0.25) is 0 Å². The number of rotatable bonds is 8. The molecule has 0 fully saturated rings. The van der Waals surface area contributed by atoms with Gasteiger partial charge >= 0.3 is 0 Å². The van der Waals surface area contributed by atoms with Gasteiger partial charge in [-0.25, -0.2) is 9.98 Å². The Kier molecular flexibility index (Phi) is 7.85. The molecule has 0 unspecified atom stereocenters. The second-order valence-corrected chi connectivity index (χ2v) is 7.71. The number of aliphatic imine (C=N–C) groups is 1. The van der Waals surface area contributed by atoms with E-state index >= 15 is 0 Å². The highest BCUT2D eigenvalue weighted by Crippen LogP contribution is 2.22. The molecule has 0 aliphatic rings. The fourth-order valence-corrected chi connectivity index (χ4v) is 2.56. The van der Waals surface area contributed by atoms with Crippen molar-refractivity contribution in [1.82, 2.24) is 20.5 Å². The number of likely N-dealkylation sites (N-methyl/N-ethyl adjacent to an activating group) is 1. The number of aromatic nitrogens is 1. The van der Waals surface area contributed by atoms with Crippen LogP contribution in [0.5, 0.6) is 0 Å². The van der Waals surface area contributed by atoms with Crippen molar-refractivity contribution in [2.45, 2.75) is 46.2 Å². The highest BCUT2D eigenvalue weighted by molar-refractivity contribution is 5.79. The van der Waals surface area contributed by atoms with E-state index in [2.05, 4.69) is 84.5 Å². The van der Waals surface area contributed by atoms with Gasteiger partial charge in [-0.05, 0) is 19.5 Å². The average Bonchev–Trinajstić information content (AvgIpc) is 3.10. The van der Waals surface area contributed by atoms with E-state index in [0.717, 1.165) is 37.9 Å². The summed E-state index contributed by atoms with van der Waals surface area (Å²) in [5, 5.41) is 6.64. The lowest BCUT2D eigenvalue weighted by Crippen LogP contribution is -2.40. The molecule has 2 rings (SSSR count). The number of hydrogen-bond donors (Lipinski definition) is 2. The summed E-state index contributed by atoms with van der Waals surface area (Å²) in [6.45, 7) is 12.3. The van der Waals surface area contributed by atoms with Crippen molar-refractivity contribution >= 4 is 5.96 Å². The third-order valence-electron chi connectivity index (χ3n) is 4.09. The molecule has 0 bridgehead atoms. The molecule has 1 heterocycles. The molecular weight excluding hydrogens is 338 g/mol. The van der Waals surface area contributed by atoms with E-state index < -0.39 is 0 Å². The maximum absolute atomic E-state index is 5.80. The molecule has 27 heavy (non-hydrogen) atoms.